The highest BCUT2D eigenvalue weighted by Crippen LogP contribution is 2.06. The zero-order chi connectivity index (χ0) is 29.6. The predicted molar refractivity (Wildman–Crippen MR) is 137 cm³/mol. The zero-order valence-electron chi connectivity index (χ0n) is 22.1. The Hall–Kier alpha value is -3.50. The van der Waals surface area contributed by atoms with Crippen LogP contribution in [-0.4, -0.2) is 100 Å². The van der Waals surface area contributed by atoms with Gasteiger partial charge in [-0.15, -0.1) is 0 Å². The fourth-order valence-corrected chi connectivity index (χ4v) is 3.14. The first-order chi connectivity index (χ1) is 17.6. The highest BCUT2D eigenvalue weighted by Gasteiger charge is 2.33. The number of aliphatic hydroxyl groups is 2. The second-order valence-electron chi connectivity index (χ2n) is 9.29. The van der Waals surface area contributed by atoms with Crippen LogP contribution in [0.2, 0.25) is 0 Å². The van der Waals surface area contributed by atoms with Crippen molar-refractivity contribution in [2.75, 3.05) is 13.2 Å². The number of rotatable bonds is 17. The second-order valence-corrected chi connectivity index (χ2v) is 9.29. The van der Waals surface area contributed by atoms with Crippen LogP contribution in [0.25, 0.3) is 0 Å². The summed E-state index contributed by atoms with van der Waals surface area (Å²) in [6.45, 7) is 5.45. The van der Waals surface area contributed by atoms with Gasteiger partial charge in [0.25, 0.3) is 0 Å². The van der Waals surface area contributed by atoms with E-state index in [1.165, 1.54) is 13.8 Å². The molecule has 0 saturated heterocycles. The van der Waals surface area contributed by atoms with E-state index in [9.17, 15) is 39.3 Å². The standard InChI is InChI=1S/C22H42N8O8/c1-10(2)8-14(21(37)38)28-20(36)16(12(4)32)30-19(35)15(9-31)29-17(33)11(3)27-18(34)13(23)6-5-7-26-22(24)25/h10-16,31-32H,5-9,23H2,1-4H3,(H,27,34)(H,28,36)(H,29,33)(H,30,35)(H,37,38)(H4,24,25,26)/t11-,12+,13-,14-,15-,16-/m0/s1. The van der Waals surface area contributed by atoms with Gasteiger partial charge in [-0.1, -0.05) is 13.8 Å². The molecule has 38 heavy (non-hydrogen) atoms. The van der Waals surface area contributed by atoms with Crippen molar-refractivity contribution >= 4 is 35.6 Å². The summed E-state index contributed by atoms with van der Waals surface area (Å²) in [5, 5.41) is 38.0. The van der Waals surface area contributed by atoms with Crippen LogP contribution in [0.5, 0.6) is 0 Å². The number of hydrogen-bond donors (Lipinski definition) is 10. The number of carboxylic acids is 1. The Bertz CT molecular complexity index is 847. The molecule has 218 valence electrons. The van der Waals surface area contributed by atoms with E-state index in [1.54, 1.807) is 13.8 Å². The fourth-order valence-electron chi connectivity index (χ4n) is 3.14. The number of carbonyl (C=O) groups is 5. The van der Waals surface area contributed by atoms with Gasteiger partial charge >= 0.3 is 5.97 Å². The van der Waals surface area contributed by atoms with Crippen LogP contribution < -0.4 is 38.5 Å². The van der Waals surface area contributed by atoms with Crippen LogP contribution in [-0.2, 0) is 24.0 Å². The number of carbonyl (C=O) groups excluding carboxylic acids is 4. The number of hydrogen-bond acceptors (Lipinski definition) is 9. The molecule has 0 unspecified atom stereocenters. The highest BCUT2D eigenvalue weighted by atomic mass is 16.4. The SMILES string of the molecule is CC(C)C[C@H](NC(=O)[C@@H](NC(=O)[C@H](CO)NC(=O)[C@H](C)NC(=O)[C@@H](N)CCCN=C(N)N)[C@@H](C)O)C(=O)O. The summed E-state index contributed by atoms with van der Waals surface area (Å²) in [6.07, 6.45) is -0.668. The molecule has 0 fully saturated rings. The normalized spacial score (nSPS) is 15.7. The lowest BCUT2D eigenvalue weighted by Gasteiger charge is -2.26. The van der Waals surface area contributed by atoms with Crippen LogP contribution >= 0.6 is 0 Å². The number of aliphatic imine (C=N–C) groups is 1. The minimum absolute atomic E-state index is 0.0632. The van der Waals surface area contributed by atoms with Gasteiger partial charge < -0.3 is 53.8 Å². The molecule has 0 aromatic heterocycles. The fraction of sp³-hybridized carbons (Fsp3) is 0.727. The second kappa shape index (κ2) is 17.1. The highest BCUT2D eigenvalue weighted by molar-refractivity contribution is 5.95. The molecule has 0 aromatic carbocycles. The summed E-state index contributed by atoms with van der Waals surface area (Å²) in [6, 6.07) is -6.47. The van der Waals surface area contributed by atoms with Gasteiger partial charge in [0, 0.05) is 6.54 Å². The van der Waals surface area contributed by atoms with Crippen molar-refractivity contribution in [2.45, 2.75) is 83.3 Å². The van der Waals surface area contributed by atoms with Gasteiger partial charge in [-0.3, -0.25) is 24.2 Å². The third-order valence-electron chi connectivity index (χ3n) is 5.26. The molecule has 16 nitrogen and oxygen atoms in total. The van der Waals surface area contributed by atoms with Crippen molar-refractivity contribution in [3.8, 4) is 0 Å². The molecule has 16 heteroatoms. The number of amides is 4. The first-order valence-electron chi connectivity index (χ1n) is 12.1. The summed E-state index contributed by atoms with van der Waals surface area (Å²) >= 11 is 0. The van der Waals surface area contributed by atoms with E-state index in [4.69, 9.17) is 17.2 Å². The lowest BCUT2D eigenvalue weighted by atomic mass is 10.0. The van der Waals surface area contributed by atoms with Crippen molar-refractivity contribution in [3.05, 3.63) is 0 Å². The first kappa shape index (κ1) is 34.5. The maximum atomic E-state index is 12.6. The van der Waals surface area contributed by atoms with E-state index in [0.29, 0.717) is 6.42 Å². The van der Waals surface area contributed by atoms with Crippen LogP contribution in [0.15, 0.2) is 4.99 Å². The minimum Gasteiger partial charge on any atom is -0.480 e. The summed E-state index contributed by atoms with van der Waals surface area (Å²) in [7, 11) is 0. The van der Waals surface area contributed by atoms with E-state index < -0.39 is 72.5 Å². The molecular weight excluding hydrogens is 504 g/mol. The monoisotopic (exact) mass is 546 g/mol. The van der Waals surface area contributed by atoms with Gasteiger partial charge in [0.05, 0.1) is 18.8 Å². The topological polar surface area (TPSA) is 285 Å². The molecule has 4 amide bonds. The van der Waals surface area contributed by atoms with Crippen LogP contribution in [0, 0.1) is 5.92 Å². The quantitative estimate of drug-likeness (QED) is 0.0474. The zero-order valence-corrected chi connectivity index (χ0v) is 22.1. The summed E-state index contributed by atoms with van der Waals surface area (Å²) < 4.78 is 0. The molecule has 0 aliphatic carbocycles. The smallest absolute Gasteiger partial charge is 0.326 e. The van der Waals surface area contributed by atoms with Gasteiger partial charge in [-0.25, -0.2) is 4.79 Å². The van der Waals surface area contributed by atoms with Crippen LogP contribution in [0.1, 0.15) is 47.0 Å². The number of carboxylic acid groups (broad SMARTS) is 1. The molecule has 0 spiro atoms. The molecule has 0 radical (unpaired) electrons. The maximum absolute atomic E-state index is 12.6. The Labute approximate surface area is 221 Å². The Balaban J connectivity index is 5.09. The maximum Gasteiger partial charge on any atom is 0.326 e. The summed E-state index contributed by atoms with van der Waals surface area (Å²) in [4.78, 5) is 65.2. The predicted octanol–water partition coefficient (Wildman–Crippen LogP) is -4.17. The molecule has 0 aromatic rings. The molecule has 0 bridgehead atoms. The van der Waals surface area contributed by atoms with Gasteiger partial charge in [0.1, 0.15) is 24.2 Å². The third kappa shape index (κ3) is 13.2. The molecular formula is C22H42N8O8. The average Bonchev–Trinajstić information content (AvgIpc) is 2.81. The van der Waals surface area contributed by atoms with Gasteiger partial charge in [-0.2, -0.15) is 0 Å². The van der Waals surface area contributed by atoms with Crippen molar-refractivity contribution < 1.29 is 39.3 Å². The number of nitrogens with one attached hydrogen (secondary N) is 4. The van der Waals surface area contributed by atoms with Crippen molar-refractivity contribution in [1.82, 2.24) is 21.3 Å². The average molecular weight is 547 g/mol. The lowest BCUT2D eigenvalue weighted by Crippen LogP contribution is -2.61. The Morgan fingerprint density at radius 2 is 1.42 bits per heavy atom. The largest absolute Gasteiger partial charge is 0.480 e. The Morgan fingerprint density at radius 1 is 0.842 bits per heavy atom. The summed E-state index contributed by atoms with van der Waals surface area (Å²) in [5.41, 5.74) is 16.2. The van der Waals surface area contributed by atoms with Crippen LogP contribution in [0.4, 0.5) is 0 Å². The molecule has 0 heterocycles. The number of aliphatic hydroxyl groups excluding tert-OH is 2. The van der Waals surface area contributed by atoms with Gasteiger partial charge in [-0.05, 0) is 39.0 Å². The molecule has 6 atom stereocenters. The number of guanidine groups is 1. The molecule has 0 rings (SSSR count). The minimum atomic E-state index is -1.57. The lowest BCUT2D eigenvalue weighted by molar-refractivity contribution is -0.143. The van der Waals surface area contributed by atoms with E-state index >= 15 is 0 Å². The van der Waals surface area contributed by atoms with Crippen LogP contribution in [0.3, 0.4) is 0 Å². The molecule has 0 aliphatic rings. The number of nitrogens with zero attached hydrogens (tertiary/aromatic N) is 1. The first-order valence-corrected chi connectivity index (χ1v) is 12.1. The number of nitrogens with two attached hydrogens (primary N) is 3. The van der Waals surface area contributed by atoms with Crippen molar-refractivity contribution in [2.24, 2.45) is 28.1 Å². The molecule has 0 saturated carbocycles. The van der Waals surface area contributed by atoms with Gasteiger partial charge in [0.2, 0.25) is 23.6 Å². The third-order valence-corrected chi connectivity index (χ3v) is 5.26. The van der Waals surface area contributed by atoms with E-state index in [0.717, 1.165) is 0 Å². The van der Waals surface area contributed by atoms with E-state index in [1.807, 2.05) is 0 Å². The van der Waals surface area contributed by atoms with E-state index in [2.05, 4.69) is 26.3 Å². The van der Waals surface area contributed by atoms with Crippen molar-refractivity contribution in [3.63, 3.8) is 0 Å². The molecule has 13 N–H and O–H groups in total. The van der Waals surface area contributed by atoms with E-state index in [-0.39, 0.29) is 31.3 Å². The Kier molecular flexibility index (Phi) is 15.5. The summed E-state index contributed by atoms with van der Waals surface area (Å²) in [5.74, 6) is -4.89. The Morgan fingerprint density at radius 3 is 1.89 bits per heavy atom. The molecule has 0 aliphatic heterocycles. The van der Waals surface area contributed by atoms with Crippen molar-refractivity contribution in [1.29, 1.82) is 0 Å². The number of aliphatic carboxylic acids is 1. The van der Waals surface area contributed by atoms with Gasteiger partial charge in [0.15, 0.2) is 5.96 Å².